The van der Waals surface area contributed by atoms with E-state index in [1.54, 1.807) is 19.1 Å². The summed E-state index contributed by atoms with van der Waals surface area (Å²) in [5, 5.41) is 16.8. The zero-order valence-corrected chi connectivity index (χ0v) is 12.2. The Hall–Kier alpha value is -1.66. The summed E-state index contributed by atoms with van der Waals surface area (Å²) in [7, 11) is 0. The SMILES string of the molecule is Cc1c(NC(=O)C(C)C2CNC2)cccc1[N+](=O)[O-].Cl. The third kappa shape index (κ3) is 3.26. The second-order valence-corrected chi connectivity index (χ2v) is 4.90. The Kier molecular flexibility index (Phi) is 5.47. The largest absolute Gasteiger partial charge is 0.325 e. The van der Waals surface area contributed by atoms with E-state index in [9.17, 15) is 14.9 Å². The predicted molar refractivity (Wildman–Crippen MR) is 79.2 cm³/mol. The predicted octanol–water partition coefficient (Wildman–Crippen LogP) is 2.12. The van der Waals surface area contributed by atoms with Gasteiger partial charge in [-0.1, -0.05) is 13.0 Å². The van der Waals surface area contributed by atoms with E-state index in [2.05, 4.69) is 10.6 Å². The van der Waals surface area contributed by atoms with Crippen molar-refractivity contribution in [2.45, 2.75) is 13.8 Å². The quantitative estimate of drug-likeness (QED) is 0.659. The maximum absolute atomic E-state index is 12.1. The summed E-state index contributed by atoms with van der Waals surface area (Å²) >= 11 is 0. The average molecular weight is 300 g/mol. The first-order valence-electron chi connectivity index (χ1n) is 6.26. The second kappa shape index (κ2) is 6.67. The van der Waals surface area contributed by atoms with Gasteiger partial charge in [-0.3, -0.25) is 14.9 Å². The minimum absolute atomic E-state index is 0. The molecule has 2 N–H and O–H groups in total. The molecule has 1 aliphatic rings. The van der Waals surface area contributed by atoms with Gasteiger partial charge in [-0.05, 0) is 32.0 Å². The molecule has 1 saturated heterocycles. The third-order valence-corrected chi connectivity index (χ3v) is 3.69. The molecule has 1 atom stereocenters. The number of benzene rings is 1. The molecule has 2 rings (SSSR count). The van der Waals surface area contributed by atoms with Crippen LogP contribution in [0.15, 0.2) is 18.2 Å². The van der Waals surface area contributed by atoms with Crippen molar-refractivity contribution < 1.29 is 9.72 Å². The summed E-state index contributed by atoms with van der Waals surface area (Å²) in [6.07, 6.45) is 0. The molecule has 1 aliphatic heterocycles. The van der Waals surface area contributed by atoms with Gasteiger partial charge in [0, 0.05) is 12.0 Å². The van der Waals surface area contributed by atoms with E-state index >= 15 is 0 Å². The van der Waals surface area contributed by atoms with Gasteiger partial charge in [-0.25, -0.2) is 0 Å². The lowest BCUT2D eigenvalue weighted by molar-refractivity contribution is -0.385. The van der Waals surface area contributed by atoms with Gasteiger partial charge >= 0.3 is 0 Å². The lowest BCUT2D eigenvalue weighted by atomic mass is 9.88. The van der Waals surface area contributed by atoms with Crippen LogP contribution in [0.4, 0.5) is 11.4 Å². The molecular weight excluding hydrogens is 282 g/mol. The molecule has 7 heteroatoms. The molecule has 1 amide bonds. The summed E-state index contributed by atoms with van der Waals surface area (Å²) in [5.74, 6) is 0.161. The summed E-state index contributed by atoms with van der Waals surface area (Å²) in [5.41, 5.74) is 1.02. The number of hydrogen-bond donors (Lipinski definition) is 2. The number of amides is 1. The number of nitrogens with one attached hydrogen (secondary N) is 2. The average Bonchev–Trinajstić information content (AvgIpc) is 2.29. The Morgan fingerprint density at radius 1 is 1.50 bits per heavy atom. The minimum Gasteiger partial charge on any atom is -0.325 e. The number of hydrogen-bond acceptors (Lipinski definition) is 4. The van der Waals surface area contributed by atoms with Gasteiger partial charge in [-0.15, -0.1) is 12.4 Å². The van der Waals surface area contributed by atoms with Crippen molar-refractivity contribution in [3.63, 3.8) is 0 Å². The molecule has 0 bridgehead atoms. The smallest absolute Gasteiger partial charge is 0.274 e. The topological polar surface area (TPSA) is 84.3 Å². The Labute approximate surface area is 123 Å². The zero-order chi connectivity index (χ0) is 14.0. The van der Waals surface area contributed by atoms with E-state index in [1.165, 1.54) is 6.07 Å². The van der Waals surface area contributed by atoms with E-state index in [1.807, 2.05) is 6.92 Å². The van der Waals surface area contributed by atoms with Gasteiger partial charge in [0.1, 0.15) is 0 Å². The number of carbonyl (C=O) groups excluding carboxylic acids is 1. The van der Waals surface area contributed by atoms with Crippen LogP contribution in [0, 0.1) is 28.9 Å². The second-order valence-electron chi connectivity index (χ2n) is 4.90. The molecular formula is C13H18ClN3O3. The van der Waals surface area contributed by atoms with Gasteiger partial charge in [-0.2, -0.15) is 0 Å². The zero-order valence-electron chi connectivity index (χ0n) is 11.4. The van der Waals surface area contributed by atoms with Crippen molar-refractivity contribution in [2.75, 3.05) is 18.4 Å². The summed E-state index contributed by atoms with van der Waals surface area (Å²) in [4.78, 5) is 22.5. The first-order chi connectivity index (χ1) is 9.00. The molecule has 20 heavy (non-hydrogen) atoms. The van der Waals surface area contributed by atoms with Crippen LogP contribution in [0.1, 0.15) is 12.5 Å². The van der Waals surface area contributed by atoms with Crippen LogP contribution in [0.25, 0.3) is 0 Å². The van der Waals surface area contributed by atoms with Crippen molar-refractivity contribution in [3.05, 3.63) is 33.9 Å². The highest BCUT2D eigenvalue weighted by Gasteiger charge is 2.29. The molecule has 0 aromatic heterocycles. The van der Waals surface area contributed by atoms with Crippen molar-refractivity contribution in [1.29, 1.82) is 0 Å². The normalized spacial score (nSPS) is 15.7. The number of nitrogens with zero attached hydrogens (tertiary/aromatic N) is 1. The maximum atomic E-state index is 12.1. The Bertz CT molecular complexity index is 518. The van der Waals surface area contributed by atoms with E-state index in [4.69, 9.17) is 0 Å². The van der Waals surface area contributed by atoms with E-state index < -0.39 is 4.92 Å². The van der Waals surface area contributed by atoms with Crippen molar-refractivity contribution >= 4 is 29.7 Å². The van der Waals surface area contributed by atoms with Gasteiger partial charge in [0.25, 0.3) is 5.69 Å². The van der Waals surface area contributed by atoms with Crippen molar-refractivity contribution in [3.8, 4) is 0 Å². The molecule has 1 aromatic rings. The fourth-order valence-electron chi connectivity index (χ4n) is 2.08. The van der Waals surface area contributed by atoms with Gasteiger partial charge < -0.3 is 10.6 Å². The van der Waals surface area contributed by atoms with Crippen LogP contribution < -0.4 is 10.6 Å². The summed E-state index contributed by atoms with van der Waals surface area (Å²) in [6, 6.07) is 4.70. The van der Waals surface area contributed by atoms with Gasteiger partial charge in [0.05, 0.1) is 16.2 Å². The van der Waals surface area contributed by atoms with Crippen LogP contribution in [0.2, 0.25) is 0 Å². The fraction of sp³-hybridized carbons (Fsp3) is 0.462. The molecule has 110 valence electrons. The Morgan fingerprint density at radius 2 is 2.15 bits per heavy atom. The standard InChI is InChI=1S/C13H17N3O3.ClH/c1-8(10-6-14-7-10)13(17)15-11-4-3-5-12(9(11)2)16(18)19;/h3-5,8,10,14H,6-7H2,1-2H3,(H,15,17);1H. The fourth-order valence-corrected chi connectivity index (χ4v) is 2.08. The van der Waals surface area contributed by atoms with Crippen LogP contribution >= 0.6 is 12.4 Å². The highest BCUT2D eigenvalue weighted by molar-refractivity contribution is 5.93. The Balaban J connectivity index is 0.00000200. The third-order valence-electron chi connectivity index (χ3n) is 3.69. The number of rotatable bonds is 4. The lowest BCUT2D eigenvalue weighted by Gasteiger charge is -2.31. The molecule has 6 nitrogen and oxygen atoms in total. The van der Waals surface area contributed by atoms with Gasteiger partial charge in [0.15, 0.2) is 0 Å². The number of anilines is 1. The number of nitro groups is 1. The van der Waals surface area contributed by atoms with Crippen LogP contribution in [-0.2, 0) is 4.79 Å². The van der Waals surface area contributed by atoms with Crippen molar-refractivity contribution in [1.82, 2.24) is 5.32 Å². The molecule has 0 aliphatic carbocycles. The van der Waals surface area contributed by atoms with Crippen LogP contribution in [-0.4, -0.2) is 23.9 Å². The first-order valence-corrected chi connectivity index (χ1v) is 6.26. The van der Waals surface area contributed by atoms with Gasteiger partial charge in [0.2, 0.25) is 5.91 Å². The maximum Gasteiger partial charge on any atom is 0.274 e. The highest BCUT2D eigenvalue weighted by Crippen LogP contribution is 2.26. The molecule has 0 saturated carbocycles. The summed E-state index contributed by atoms with van der Waals surface area (Å²) < 4.78 is 0. The number of nitro benzene ring substituents is 1. The highest BCUT2D eigenvalue weighted by atomic mass is 35.5. The molecule has 1 heterocycles. The van der Waals surface area contributed by atoms with Crippen LogP contribution in [0.5, 0.6) is 0 Å². The number of halogens is 1. The number of carbonyl (C=O) groups is 1. The minimum atomic E-state index is -0.440. The molecule has 0 spiro atoms. The summed E-state index contributed by atoms with van der Waals surface area (Å²) in [6.45, 7) is 5.22. The molecule has 1 unspecified atom stereocenters. The lowest BCUT2D eigenvalue weighted by Crippen LogP contribution is -2.48. The Morgan fingerprint density at radius 3 is 2.65 bits per heavy atom. The van der Waals surface area contributed by atoms with E-state index in [0.717, 1.165) is 13.1 Å². The molecule has 0 radical (unpaired) electrons. The van der Waals surface area contributed by atoms with E-state index in [-0.39, 0.29) is 29.9 Å². The van der Waals surface area contributed by atoms with Crippen molar-refractivity contribution in [2.24, 2.45) is 11.8 Å². The van der Waals surface area contributed by atoms with Crippen LogP contribution in [0.3, 0.4) is 0 Å². The molecule has 1 aromatic carbocycles. The first kappa shape index (κ1) is 16.4. The molecule has 1 fully saturated rings. The monoisotopic (exact) mass is 299 g/mol. The van der Waals surface area contributed by atoms with E-state index in [0.29, 0.717) is 17.2 Å².